The Kier molecular flexibility index (Phi) is 20.7. The van der Waals surface area contributed by atoms with Crippen LogP contribution in [0.15, 0.2) is 12.2 Å². The lowest BCUT2D eigenvalue weighted by Crippen LogP contribution is -2.69. The highest BCUT2D eigenvalue weighted by Crippen LogP contribution is 2.72. The van der Waals surface area contributed by atoms with Gasteiger partial charge in [0.15, 0.2) is 61.6 Å². The molecular weight excluding hydrogens is 1120 g/mol. The maximum absolute atomic E-state index is 13.5. The average Bonchev–Trinajstić information content (AvgIpc) is 1.48. The monoisotopic (exact) mass is 1200 g/mol. The third kappa shape index (κ3) is 14.7. The minimum absolute atomic E-state index is 0.0204. The summed E-state index contributed by atoms with van der Waals surface area (Å²) in [5.41, 5.74) is -2.09. The molecule has 17 unspecified atom stereocenters. The average molecular weight is 1200 g/mol. The van der Waals surface area contributed by atoms with Crippen LogP contribution in [0.3, 0.4) is 0 Å². The summed E-state index contributed by atoms with van der Waals surface area (Å²) in [6, 6.07) is 0. The highest BCUT2D eigenvalue weighted by molar-refractivity contribution is 5.70. The van der Waals surface area contributed by atoms with Crippen molar-refractivity contribution in [3.05, 3.63) is 12.2 Å². The van der Waals surface area contributed by atoms with Crippen molar-refractivity contribution >= 4 is 59.7 Å². The zero-order valence-electron chi connectivity index (χ0n) is 49.6. The molecule has 1 spiro atoms. The number of carbonyl (C=O) groups excluding carboxylic acids is 10. The molecule has 3 saturated heterocycles. The van der Waals surface area contributed by atoms with E-state index in [9.17, 15) is 53.1 Å². The first-order valence-electron chi connectivity index (χ1n) is 28.2. The Hall–Kier alpha value is -5.84. The minimum atomic E-state index is -2.05. The maximum Gasteiger partial charge on any atom is 0.303 e. The summed E-state index contributed by atoms with van der Waals surface area (Å²) in [6.45, 7) is 17.1. The van der Waals surface area contributed by atoms with E-state index in [2.05, 4.69) is 13.5 Å². The molecular formula is C57H80O27. The number of hydrogen-bond donors (Lipinski definition) is 1. The molecule has 0 radical (unpaired) electrons. The fraction of sp³-hybridized carbons (Fsp3) is 0.789. The van der Waals surface area contributed by atoms with Gasteiger partial charge in [0.2, 0.25) is 0 Å². The summed E-state index contributed by atoms with van der Waals surface area (Å²) in [4.78, 5) is 129. The van der Waals surface area contributed by atoms with Crippen LogP contribution in [0.1, 0.15) is 141 Å². The second-order valence-electron chi connectivity index (χ2n) is 23.6. The van der Waals surface area contributed by atoms with Gasteiger partial charge < -0.3 is 80.9 Å². The van der Waals surface area contributed by atoms with Crippen LogP contribution >= 0.6 is 0 Å². The number of carbonyl (C=O) groups is 10. The number of hydrogen-bond acceptors (Lipinski definition) is 27. The molecule has 7 rings (SSSR count). The van der Waals surface area contributed by atoms with Gasteiger partial charge in [-0.15, -0.1) is 0 Å². The molecule has 4 saturated carbocycles. The molecule has 3 heterocycles. The Bertz CT molecular complexity index is 2530. The van der Waals surface area contributed by atoms with E-state index in [1.54, 1.807) is 0 Å². The van der Waals surface area contributed by atoms with Crippen LogP contribution in [0.25, 0.3) is 0 Å². The normalized spacial score (nSPS) is 39.5. The number of aliphatic hydroxyl groups is 1. The van der Waals surface area contributed by atoms with Crippen molar-refractivity contribution in [2.24, 2.45) is 22.7 Å². The number of fused-ring (bicyclic) bond motifs is 3. The number of esters is 10. The molecule has 0 aromatic heterocycles. The van der Waals surface area contributed by atoms with E-state index in [0.717, 1.165) is 88.5 Å². The summed E-state index contributed by atoms with van der Waals surface area (Å²) in [7, 11) is 0. The lowest BCUT2D eigenvalue weighted by Gasteiger charge is -2.63. The first kappa shape index (κ1) is 65.7. The van der Waals surface area contributed by atoms with Crippen LogP contribution in [0.5, 0.6) is 0 Å². The van der Waals surface area contributed by atoms with Gasteiger partial charge in [0.25, 0.3) is 0 Å². The van der Waals surface area contributed by atoms with Gasteiger partial charge in [0.1, 0.15) is 50.3 Å². The number of rotatable bonds is 19. The van der Waals surface area contributed by atoms with Crippen molar-refractivity contribution in [1.82, 2.24) is 0 Å². The Labute approximate surface area is 486 Å². The van der Waals surface area contributed by atoms with E-state index in [1.165, 1.54) is 0 Å². The molecule has 0 aromatic carbocycles. The molecule has 0 amide bonds. The zero-order valence-corrected chi connectivity index (χ0v) is 49.6. The van der Waals surface area contributed by atoms with Crippen molar-refractivity contribution in [2.45, 2.75) is 244 Å². The highest BCUT2D eigenvalue weighted by atomic mass is 16.8. The third-order valence-corrected chi connectivity index (χ3v) is 17.3. The zero-order chi connectivity index (χ0) is 62.0. The largest absolute Gasteiger partial charge is 0.463 e. The van der Waals surface area contributed by atoms with Crippen LogP contribution < -0.4 is 0 Å². The molecule has 21 atom stereocenters. The van der Waals surface area contributed by atoms with Gasteiger partial charge in [0.05, 0.1) is 11.2 Å². The molecule has 27 heteroatoms. The molecule has 7 fully saturated rings. The van der Waals surface area contributed by atoms with Crippen LogP contribution in [0.4, 0.5) is 0 Å². The minimum Gasteiger partial charge on any atom is -0.463 e. The smallest absolute Gasteiger partial charge is 0.303 e. The molecule has 7 aliphatic rings. The van der Waals surface area contributed by atoms with Crippen molar-refractivity contribution in [3.8, 4) is 0 Å². The molecule has 27 nitrogen and oxygen atoms in total. The topological polar surface area (TPSA) is 339 Å². The Balaban J connectivity index is 1.44. The van der Waals surface area contributed by atoms with Gasteiger partial charge in [-0.3, -0.25) is 47.9 Å². The molecule has 470 valence electrons. The van der Waals surface area contributed by atoms with Crippen LogP contribution in [0.2, 0.25) is 0 Å². The summed E-state index contributed by atoms with van der Waals surface area (Å²) in [5, 5.41) is 11.8. The second-order valence-corrected chi connectivity index (χ2v) is 23.6. The SMILES string of the molecule is C=C1C[C@@]23CCC4[C@@](C)(CCC[C@@]4(C)O)C2CC[C@]1(OC1OC(COC(C)=O)C(OC(C)=O)C(OC2OC(COC(C)=O)C(OC(C)=O)C(OC(C)=O)C2OC(C)=O)C1OC1OC(COC(C)=O)C(OC(C)=O)C(OC(C)=O)C1OC(C)=O)C3. The molecule has 2 bridgehead atoms. The third-order valence-electron chi connectivity index (χ3n) is 17.3. The predicted octanol–water partition coefficient (Wildman–Crippen LogP) is 3.00. The lowest BCUT2D eigenvalue weighted by molar-refractivity contribution is -0.400. The summed E-state index contributed by atoms with van der Waals surface area (Å²) in [5.74, 6) is -9.13. The van der Waals surface area contributed by atoms with E-state index >= 15 is 0 Å². The first-order chi connectivity index (χ1) is 39.3. The molecule has 0 aromatic rings. The van der Waals surface area contributed by atoms with E-state index in [1.807, 2.05) is 6.92 Å². The summed E-state index contributed by atoms with van der Waals surface area (Å²) in [6.07, 6.45) is -21.4. The van der Waals surface area contributed by atoms with Crippen molar-refractivity contribution in [2.75, 3.05) is 19.8 Å². The van der Waals surface area contributed by atoms with Gasteiger partial charge in [0, 0.05) is 69.2 Å². The summed E-state index contributed by atoms with van der Waals surface area (Å²) < 4.78 is 97.6. The van der Waals surface area contributed by atoms with Crippen LogP contribution in [-0.2, 0) is 124 Å². The fourth-order valence-electron chi connectivity index (χ4n) is 14.5. The van der Waals surface area contributed by atoms with Crippen molar-refractivity contribution in [3.63, 3.8) is 0 Å². The predicted molar refractivity (Wildman–Crippen MR) is 277 cm³/mol. The van der Waals surface area contributed by atoms with Gasteiger partial charge in [-0.2, -0.15) is 0 Å². The summed E-state index contributed by atoms with van der Waals surface area (Å²) >= 11 is 0. The molecule has 3 aliphatic heterocycles. The van der Waals surface area contributed by atoms with Gasteiger partial charge >= 0.3 is 59.7 Å². The molecule has 4 aliphatic carbocycles. The van der Waals surface area contributed by atoms with Crippen molar-refractivity contribution < 1.29 is 129 Å². The second kappa shape index (κ2) is 26.4. The quantitative estimate of drug-likeness (QED) is 0.0840. The Morgan fingerprint density at radius 1 is 0.452 bits per heavy atom. The van der Waals surface area contributed by atoms with E-state index in [0.29, 0.717) is 44.1 Å². The Morgan fingerprint density at radius 3 is 1.24 bits per heavy atom. The highest BCUT2D eigenvalue weighted by Gasteiger charge is 2.69. The van der Waals surface area contributed by atoms with E-state index < -0.39 is 183 Å². The lowest BCUT2D eigenvalue weighted by atomic mass is 9.42. The Morgan fingerprint density at radius 2 is 0.821 bits per heavy atom. The molecule has 84 heavy (non-hydrogen) atoms. The van der Waals surface area contributed by atoms with Gasteiger partial charge in [-0.1, -0.05) is 19.9 Å². The standard InChI is InChI=1S/C57H80O27/c1-26-21-56-19-15-40-54(12,17-14-18-55(40,13)68)41(56)16-20-57(26,25-56)84-53-50(83-52-49(78-36(11)67)46(76-34(9)65)43(73-31(6)62)38(80-52)23-70-28(3)59)47(44(74-32(7)63)39(81-53)24-71-29(4)60)82-51-48(77-35(10)66)45(75-33(8)64)42(72-30(5)61)37(79-51)22-69-27(2)58/h37-53,68H,1,14-25H2,2-13H3/t37?,38?,39?,40?,41?,42?,43?,44?,45?,46?,47?,48?,49?,50?,51?,52?,53?,54-,55-,56-,57+/m1/s1. The first-order valence-corrected chi connectivity index (χ1v) is 28.2. The molecule has 1 N–H and O–H groups in total. The number of ether oxygens (including phenoxy) is 16. The van der Waals surface area contributed by atoms with Crippen LogP contribution in [-0.4, -0.2) is 188 Å². The van der Waals surface area contributed by atoms with Crippen LogP contribution in [0, 0.1) is 22.7 Å². The van der Waals surface area contributed by atoms with E-state index in [-0.39, 0.29) is 22.7 Å². The maximum atomic E-state index is 13.5. The van der Waals surface area contributed by atoms with Gasteiger partial charge in [-0.25, -0.2) is 0 Å². The van der Waals surface area contributed by atoms with Gasteiger partial charge in [-0.05, 0) is 86.5 Å². The van der Waals surface area contributed by atoms with E-state index in [4.69, 9.17) is 75.8 Å². The fourth-order valence-corrected chi connectivity index (χ4v) is 14.5. The van der Waals surface area contributed by atoms with Crippen molar-refractivity contribution in [1.29, 1.82) is 0 Å².